The van der Waals surface area contributed by atoms with Gasteiger partial charge in [0.25, 0.3) is 0 Å². The van der Waals surface area contributed by atoms with Gasteiger partial charge in [-0.15, -0.1) is 15.0 Å². The van der Waals surface area contributed by atoms with Crippen molar-refractivity contribution in [2.45, 2.75) is 25.6 Å². The summed E-state index contributed by atoms with van der Waals surface area (Å²) in [4.78, 5) is 11.9. The fourth-order valence-electron chi connectivity index (χ4n) is 1.90. The summed E-state index contributed by atoms with van der Waals surface area (Å²) in [5.74, 6) is 0. The van der Waals surface area contributed by atoms with Crippen LogP contribution in [0.1, 0.15) is 13.8 Å². The molecule has 0 aromatic carbocycles. The lowest BCUT2D eigenvalue weighted by molar-refractivity contribution is -0.107. The predicted octanol–water partition coefficient (Wildman–Crippen LogP) is 0.0346. The minimum Gasteiger partial charge on any atom is -0.467 e. The lowest BCUT2D eigenvalue weighted by atomic mass is 10.1. The van der Waals surface area contributed by atoms with Crippen LogP contribution in [0.5, 0.6) is 18.0 Å². The van der Waals surface area contributed by atoms with Gasteiger partial charge in [-0.3, -0.25) is 0 Å². The highest BCUT2D eigenvalue weighted by Gasteiger charge is 2.28. The van der Waals surface area contributed by atoms with Crippen molar-refractivity contribution in [3.05, 3.63) is 0 Å². The Morgan fingerprint density at radius 2 is 1.75 bits per heavy atom. The van der Waals surface area contributed by atoms with Crippen LogP contribution < -0.4 is 19.5 Å². The summed E-state index contributed by atoms with van der Waals surface area (Å²) in [5, 5.41) is 3.30. The van der Waals surface area contributed by atoms with Crippen molar-refractivity contribution in [2.75, 3.05) is 33.9 Å². The number of nitrogens with zero attached hydrogens (tertiary/aromatic N) is 3. The maximum atomic E-state index is 5.89. The molecule has 0 spiro atoms. The quantitative estimate of drug-likeness (QED) is 0.810. The van der Waals surface area contributed by atoms with Crippen LogP contribution in [0.25, 0.3) is 0 Å². The number of hydrogen-bond acceptors (Lipinski definition) is 8. The Balaban J connectivity index is 1.96. The summed E-state index contributed by atoms with van der Waals surface area (Å²) in [6.45, 7) is 5.94. The summed E-state index contributed by atoms with van der Waals surface area (Å²) < 4.78 is 21.3. The number of aromatic nitrogens is 3. The summed E-state index contributed by atoms with van der Waals surface area (Å²) >= 11 is 0. The van der Waals surface area contributed by atoms with Gasteiger partial charge in [0.1, 0.15) is 12.7 Å². The van der Waals surface area contributed by atoms with Gasteiger partial charge in [-0.25, -0.2) is 0 Å². The number of ether oxygens (including phenoxy) is 4. The van der Waals surface area contributed by atoms with Gasteiger partial charge in [0.2, 0.25) is 0 Å². The number of nitrogens with one attached hydrogen (secondary N) is 1. The second kappa shape index (κ2) is 6.19. The highest BCUT2D eigenvalue weighted by molar-refractivity contribution is 5.08. The fourth-order valence-corrected chi connectivity index (χ4v) is 1.90. The number of hydrogen-bond donors (Lipinski definition) is 1. The largest absolute Gasteiger partial charge is 0.467 e. The van der Waals surface area contributed by atoms with Crippen LogP contribution in [0.2, 0.25) is 0 Å². The van der Waals surface area contributed by atoms with Crippen LogP contribution in [0.4, 0.5) is 0 Å². The van der Waals surface area contributed by atoms with E-state index < -0.39 is 0 Å². The van der Waals surface area contributed by atoms with Gasteiger partial charge >= 0.3 is 18.0 Å². The molecule has 2 heterocycles. The van der Waals surface area contributed by atoms with Crippen LogP contribution in [0, 0.1) is 0 Å². The molecule has 0 amide bonds. The van der Waals surface area contributed by atoms with E-state index in [1.165, 1.54) is 14.2 Å². The Morgan fingerprint density at radius 3 is 2.30 bits per heavy atom. The van der Waals surface area contributed by atoms with E-state index >= 15 is 0 Å². The van der Waals surface area contributed by atoms with E-state index in [1.807, 2.05) is 13.8 Å². The van der Waals surface area contributed by atoms with Crippen LogP contribution in [-0.4, -0.2) is 60.6 Å². The topological polar surface area (TPSA) is 87.6 Å². The van der Waals surface area contributed by atoms with Crippen molar-refractivity contribution in [1.29, 1.82) is 0 Å². The molecule has 8 nitrogen and oxygen atoms in total. The Hall–Kier alpha value is -1.67. The van der Waals surface area contributed by atoms with E-state index in [1.54, 1.807) is 0 Å². The van der Waals surface area contributed by atoms with Crippen LogP contribution >= 0.6 is 0 Å². The average Bonchev–Trinajstić information content (AvgIpc) is 2.43. The third kappa shape index (κ3) is 3.91. The Kier molecular flexibility index (Phi) is 4.56. The van der Waals surface area contributed by atoms with E-state index in [4.69, 9.17) is 18.9 Å². The number of methoxy groups -OCH3 is 2. The molecule has 1 aliphatic heterocycles. The predicted molar refractivity (Wildman–Crippen MR) is 70.2 cm³/mol. The third-order valence-corrected chi connectivity index (χ3v) is 2.75. The van der Waals surface area contributed by atoms with Gasteiger partial charge < -0.3 is 24.3 Å². The zero-order valence-corrected chi connectivity index (χ0v) is 12.2. The lowest BCUT2D eigenvalue weighted by Crippen LogP contribution is -2.52. The van der Waals surface area contributed by atoms with E-state index in [-0.39, 0.29) is 29.7 Å². The van der Waals surface area contributed by atoms with Gasteiger partial charge in [-0.1, -0.05) is 0 Å². The summed E-state index contributed by atoms with van der Waals surface area (Å²) in [6.07, 6.45) is -0.0625. The molecule has 112 valence electrons. The highest BCUT2D eigenvalue weighted by Crippen LogP contribution is 2.17. The molecule has 1 unspecified atom stereocenters. The maximum absolute atomic E-state index is 5.89. The average molecular weight is 284 g/mol. The molecule has 2 rings (SSSR count). The molecule has 1 fully saturated rings. The van der Waals surface area contributed by atoms with Crippen molar-refractivity contribution in [3.63, 3.8) is 0 Å². The molecular formula is C12H20N4O4. The normalized spacial score (nSPS) is 21.3. The fraction of sp³-hybridized carbons (Fsp3) is 0.750. The minimum atomic E-state index is -0.208. The van der Waals surface area contributed by atoms with Crippen LogP contribution in [0.3, 0.4) is 0 Å². The second-order valence-electron chi connectivity index (χ2n) is 5.03. The number of morpholine rings is 1. The second-order valence-corrected chi connectivity index (χ2v) is 5.03. The molecule has 8 heteroatoms. The van der Waals surface area contributed by atoms with Gasteiger partial charge in [0, 0.05) is 13.1 Å². The SMILES string of the molecule is COc1nc(OC)nc(OCC2CNCC(C)(C)O2)n1. The van der Waals surface area contributed by atoms with Crippen LogP contribution in [-0.2, 0) is 4.74 Å². The van der Waals surface area contributed by atoms with Gasteiger partial charge in [-0.05, 0) is 13.8 Å². The lowest BCUT2D eigenvalue weighted by Gasteiger charge is -2.36. The molecule has 0 aliphatic carbocycles. The van der Waals surface area contributed by atoms with E-state index in [0.29, 0.717) is 6.61 Å². The molecule has 1 aliphatic rings. The molecule has 1 aromatic rings. The molecule has 1 saturated heterocycles. The minimum absolute atomic E-state index is 0.0625. The van der Waals surface area contributed by atoms with Crippen molar-refractivity contribution in [2.24, 2.45) is 0 Å². The molecule has 0 bridgehead atoms. The monoisotopic (exact) mass is 284 g/mol. The highest BCUT2D eigenvalue weighted by atomic mass is 16.6. The molecular weight excluding hydrogens is 264 g/mol. The first-order valence-corrected chi connectivity index (χ1v) is 6.38. The van der Waals surface area contributed by atoms with Crippen molar-refractivity contribution in [3.8, 4) is 18.0 Å². The summed E-state index contributed by atoms with van der Waals surface area (Å²) in [5.41, 5.74) is -0.208. The maximum Gasteiger partial charge on any atom is 0.325 e. The van der Waals surface area contributed by atoms with E-state index in [2.05, 4.69) is 20.3 Å². The molecule has 1 atom stereocenters. The first kappa shape index (κ1) is 14.7. The first-order valence-electron chi connectivity index (χ1n) is 6.38. The molecule has 1 aromatic heterocycles. The van der Waals surface area contributed by atoms with Crippen molar-refractivity contribution in [1.82, 2.24) is 20.3 Å². The Morgan fingerprint density at radius 1 is 1.15 bits per heavy atom. The van der Waals surface area contributed by atoms with E-state index in [9.17, 15) is 0 Å². The molecule has 0 radical (unpaired) electrons. The van der Waals surface area contributed by atoms with Gasteiger partial charge in [0.15, 0.2) is 0 Å². The standard InChI is InChI=1S/C12H20N4O4/c1-12(2)7-13-5-8(20-12)6-19-11-15-9(17-3)14-10(16-11)18-4/h8,13H,5-7H2,1-4H3. The first-order chi connectivity index (χ1) is 9.52. The molecule has 1 N–H and O–H groups in total. The third-order valence-electron chi connectivity index (χ3n) is 2.75. The van der Waals surface area contributed by atoms with Crippen molar-refractivity contribution < 1.29 is 18.9 Å². The molecule has 0 saturated carbocycles. The Labute approximate surface area is 117 Å². The van der Waals surface area contributed by atoms with Crippen LogP contribution in [0.15, 0.2) is 0 Å². The summed E-state index contributed by atoms with van der Waals surface area (Å²) in [7, 11) is 2.93. The van der Waals surface area contributed by atoms with E-state index in [0.717, 1.165) is 13.1 Å². The smallest absolute Gasteiger partial charge is 0.325 e. The van der Waals surface area contributed by atoms with Gasteiger partial charge in [0.05, 0.1) is 19.8 Å². The zero-order valence-electron chi connectivity index (χ0n) is 12.2. The zero-order chi connectivity index (χ0) is 14.6. The van der Waals surface area contributed by atoms with Gasteiger partial charge in [-0.2, -0.15) is 0 Å². The molecule has 20 heavy (non-hydrogen) atoms. The van der Waals surface area contributed by atoms with Crippen molar-refractivity contribution >= 4 is 0 Å². The number of rotatable bonds is 5. The summed E-state index contributed by atoms with van der Waals surface area (Å²) in [6, 6.07) is 0.449. The Bertz CT molecular complexity index is 433.